The summed E-state index contributed by atoms with van der Waals surface area (Å²) in [5.41, 5.74) is 1.60. The van der Waals surface area contributed by atoms with Gasteiger partial charge < -0.3 is 14.8 Å². The third kappa shape index (κ3) is 6.34. The van der Waals surface area contributed by atoms with Gasteiger partial charge in [0.15, 0.2) is 11.5 Å². The zero-order valence-corrected chi connectivity index (χ0v) is 20.7. The maximum Gasteiger partial charge on any atom is 0.294 e. The van der Waals surface area contributed by atoms with Crippen LogP contribution in [0.4, 0.5) is 20.6 Å². The van der Waals surface area contributed by atoms with Gasteiger partial charge in [-0.3, -0.25) is 29.4 Å². The van der Waals surface area contributed by atoms with Crippen LogP contribution in [0.3, 0.4) is 0 Å². The summed E-state index contributed by atoms with van der Waals surface area (Å²) in [5, 5.41) is 12.7. The minimum atomic E-state index is -0.619. The Labute approximate surface area is 220 Å². The molecule has 0 aliphatic carbocycles. The first kappa shape index (κ1) is 26.4. The maximum absolute atomic E-state index is 13.0. The summed E-state index contributed by atoms with van der Waals surface area (Å²) < 4.78 is 24.2. The van der Waals surface area contributed by atoms with Crippen LogP contribution in [0.5, 0.6) is 11.5 Å². The second kappa shape index (κ2) is 11.6. The second-order valence-corrected chi connectivity index (χ2v) is 8.94. The molecule has 0 radical (unpaired) electrons. The number of hydrogen-bond donors (Lipinski definition) is 1. The van der Waals surface area contributed by atoms with Crippen LogP contribution in [-0.4, -0.2) is 40.5 Å². The zero-order valence-electron chi connectivity index (χ0n) is 19.9. The second-order valence-electron chi connectivity index (χ2n) is 7.95. The molecular weight excluding hydrogens is 517 g/mol. The fourth-order valence-corrected chi connectivity index (χ4v) is 4.27. The molecule has 1 saturated heterocycles. The van der Waals surface area contributed by atoms with Crippen molar-refractivity contribution >= 4 is 46.3 Å². The molecule has 12 heteroatoms. The molecule has 194 valence electrons. The van der Waals surface area contributed by atoms with Crippen molar-refractivity contribution in [2.75, 3.05) is 19.0 Å². The first-order valence-corrected chi connectivity index (χ1v) is 11.9. The highest BCUT2D eigenvalue weighted by Crippen LogP contribution is 2.35. The molecular formula is C26H20FN3O7S. The standard InChI is InChI=1S/C26H20FN3O7S/c1-36-22-12-17(4-11-21(22)37-15-16-2-9-20(10-3-16)30(34)35)13-23-25(32)29(26(33)38-23)14-24(31)28-19-7-5-18(27)6-8-19/h2-13H,14-15H2,1H3,(H,28,31)/b23-13-. The number of hydrogen-bond acceptors (Lipinski definition) is 8. The number of nitrogens with zero attached hydrogens (tertiary/aromatic N) is 2. The zero-order chi connectivity index (χ0) is 27.2. The molecule has 1 aliphatic rings. The number of non-ortho nitro benzene ring substituents is 1. The van der Waals surface area contributed by atoms with Crippen molar-refractivity contribution in [2.24, 2.45) is 0 Å². The van der Waals surface area contributed by atoms with E-state index in [0.717, 1.165) is 10.5 Å². The number of thioether (sulfide) groups is 1. The third-order valence-corrected chi connectivity index (χ3v) is 6.24. The van der Waals surface area contributed by atoms with Crippen molar-refractivity contribution in [1.82, 2.24) is 4.90 Å². The molecule has 3 aromatic rings. The predicted molar refractivity (Wildman–Crippen MR) is 138 cm³/mol. The number of rotatable bonds is 9. The first-order valence-electron chi connectivity index (χ1n) is 11.1. The summed E-state index contributed by atoms with van der Waals surface area (Å²) in [7, 11) is 1.45. The number of carbonyl (C=O) groups is 3. The summed E-state index contributed by atoms with van der Waals surface area (Å²) >= 11 is 0.704. The lowest BCUT2D eigenvalue weighted by Crippen LogP contribution is -2.36. The Morgan fingerprint density at radius 1 is 1.08 bits per heavy atom. The highest BCUT2D eigenvalue weighted by Gasteiger charge is 2.36. The molecule has 3 amide bonds. The van der Waals surface area contributed by atoms with E-state index in [1.165, 1.54) is 49.6 Å². The van der Waals surface area contributed by atoms with Gasteiger partial charge in [-0.1, -0.05) is 6.07 Å². The van der Waals surface area contributed by atoms with Gasteiger partial charge in [-0.2, -0.15) is 0 Å². The molecule has 0 saturated carbocycles. The van der Waals surface area contributed by atoms with Crippen LogP contribution in [0, 0.1) is 15.9 Å². The molecule has 0 unspecified atom stereocenters. The minimum Gasteiger partial charge on any atom is -0.493 e. The Morgan fingerprint density at radius 2 is 1.79 bits per heavy atom. The van der Waals surface area contributed by atoms with Crippen LogP contribution in [-0.2, 0) is 16.2 Å². The number of ether oxygens (including phenoxy) is 2. The van der Waals surface area contributed by atoms with Gasteiger partial charge in [0.05, 0.1) is 16.9 Å². The highest BCUT2D eigenvalue weighted by molar-refractivity contribution is 8.18. The molecule has 1 fully saturated rings. The van der Waals surface area contributed by atoms with Gasteiger partial charge in [0.1, 0.15) is 19.0 Å². The molecule has 0 bridgehead atoms. The normalized spacial score (nSPS) is 14.1. The minimum absolute atomic E-state index is 0.0198. The van der Waals surface area contributed by atoms with Gasteiger partial charge in [0.2, 0.25) is 5.91 Å². The van der Waals surface area contributed by atoms with E-state index in [1.807, 2.05) is 0 Å². The van der Waals surface area contributed by atoms with E-state index < -0.39 is 34.3 Å². The summed E-state index contributed by atoms with van der Waals surface area (Å²) in [4.78, 5) is 48.7. The number of methoxy groups -OCH3 is 1. The number of benzene rings is 3. The van der Waals surface area contributed by atoms with Crippen molar-refractivity contribution < 1.29 is 33.2 Å². The van der Waals surface area contributed by atoms with Crippen LogP contribution < -0.4 is 14.8 Å². The maximum atomic E-state index is 13.0. The van der Waals surface area contributed by atoms with Crippen LogP contribution >= 0.6 is 11.8 Å². The quantitative estimate of drug-likeness (QED) is 0.230. The molecule has 4 rings (SSSR count). The number of nitro groups is 1. The van der Waals surface area contributed by atoms with Crippen molar-refractivity contribution in [3.8, 4) is 11.5 Å². The number of amides is 3. The molecule has 1 aliphatic heterocycles. The summed E-state index contributed by atoms with van der Waals surface area (Å²) in [5.74, 6) is -0.894. The molecule has 0 atom stereocenters. The lowest BCUT2D eigenvalue weighted by molar-refractivity contribution is -0.384. The van der Waals surface area contributed by atoms with Crippen LogP contribution in [0.15, 0.2) is 71.6 Å². The molecule has 10 nitrogen and oxygen atoms in total. The Hall–Kier alpha value is -4.71. The molecule has 1 N–H and O–H groups in total. The average Bonchev–Trinajstić information content (AvgIpc) is 3.16. The fraction of sp³-hybridized carbons (Fsp3) is 0.115. The van der Waals surface area contributed by atoms with E-state index in [2.05, 4.69) is 5.32 Å². The van der Waals surface area contributed by atoms with E-state index in [1.54, 1.807) is 30.3 Å². The number of halogens is 1. The van der Waals surface area contributed by atoms with Crippen molar-refractivity contribution in [3.63, 3.8) is 0 Å². The number of nitrogens with one attached hydrogen (secondary N) is 1. The SMILES string of the molecule is COc1cc(/C=C2\SC(=O)N(CC(=O)Nc3ccc(F)cc3)C2=O)ccc1OCc1ccc([N+](=O)[O-])cc1. The summed E-state index contributed by atoms with van der Waals surface area (Å²) in [6.45, 7) is -0.343. The molecule has 0 aromatic heterocycles. The topological polar surface area (TPSA) is 128 Å². The molecule has 0 spiro atoms. The fourth-order valence-electron chi connectivity index (χ4n) is 3.43. The average molecular weight is 538 g/mol. The van der Waals surface area contributed by atoms with Crippen LogP contribution in [0.1, 0.15) is 11.1 Å². The Bertz CT molecular complexity index is 1430. The van der Waals surface area contributed by atoms with E-state index in [0.29, 0.717) is 34.5 Å². The Balaban J connectivity index is 1.41. The first-order chi connectivity index (χ1) is 18.2. The summed E-state index contributed by atoms with van der Waals surface area (Å²) in [6.07, 6.45) is 1.51. The number of carbonyl (C=O) groups excluding carboxylic acids is 3. The largest absolute Gasteiger partial charge is 0.493 e. The van der Waals surface area contributed by atoms with Crippen molar-refractivity contribution in [1.29, 1.82) is 0 Å². The number of nitro benzene ring substituents is 1. The lowest BCUT2D eigenvalue weighted by atomic mass is 10.1. The van der Waals surface area contributed by atoms with E-state index in [4.69, 9.17) is 9.47 Å². The van der Waals surface area contributed by atoms with E-state index in [-0.39, 0.29) is 17.2 Å². The predicted octanol–water partition coefficient (Wildman–Crippen LogP) is 5.00. The lowest BCUT2D eigenvalue weighted by Gasteiger charge is -2.12. The van der Waals surface area contributed by atoms with E-state index >= 15 is 0 Å². The van der Waals surface area contributed by atoms with Crippen LogP contribution in [0.25, 0.3) is 6.08 Å². The van der Waals surface area contributed by atoms with Crippen molar-refractivity contribution in [2.45, 2.75) is 6.61 Å². The van der Waals surface area contributed by atoms with E-state index in [9.17, 15) is 28.9 Å². The number of anilines is 1. The summed E-state index contributed by atoms with van der Waals surface area (Å²) in [6, 6.07) is 16.0. The van der Waals surface area contributed by atoms with Crippen LogP contribution in [0.2, 0.25) is 0 Å². The van der Waals surface area contributed by atoms with Gasteiger partial charge in [0, 0.05) is 17.8 Å². The molecule has 1 heterocycles. The molecule has 38 heavy (non-hydrogen) atoms. The smallest absolute Gasteiger partial charge is 0.294 e. The Morgan fingerprint density at radius 3 is 2.45 bits per heavy atom. The monoisotopic (exact) mass is 537 g/mol. The van der Waals surface area contributed by atoms with Gasteiger partial charge in [-0.05, 0) is 77.5 Å². The Kier molecular flexibility index (Phi) is 8.02. The highest BCUT2D eigenvalue weighted by atomic mass is 32.2. The van der Waals surface area contributed by atoms with Gasteiger partial charge >= 0.3 is 0 Å². The van der Waals surface area contributed by atoms with Gasteiger partial charge in [-0.25, -0.2) is 4.39 Å². The van der Waals surface area contributed by atoms with Crippen molar-refractivity contribution in [3.05, 3.63) is 98.7 Å². The van der Waals surface area contributed by atoms with Gasteiger partial charge in [0.25, 0.3) is 16.8 Å². The molecule has 3 aromatic carbocycles. The third-order valence-electron chi connectivity index (χ3n) is 5.33. The number of imide groups is 1. The van der Waals surface area contributed by atoms with Gasteiger partial charge in [-0.15, -0.1) is 0 Å².